The molecule has 96 valence electrons. The van der Waals surface area contributed by atoms with E-state index in [1.54, 1.807) is 0 Å². The van der Waals surface area contributed by atoms with E-state index in [-0.39, 0.29) is 18.9 Å². The minimum absolute atomic E-state index is 0. The summed E-state index contributed by atoms with van der Waals surface area (Å²) in [5.74, 6) is 0. The van der Waals surface area contributed by atoms with Gasteiger partial charge in [-0.3, -0.25) is 0 Å². The van der Waals surface area contributed by atoms with Crippen molar-refractivity contribution in [2.75, 3.05) is 0 Å². The van der Waals surface area contributed by atoms with Crippen LogP contribution in [-0.2, 0) is 5.41 Å². The van der Waals surface area contributed by atoms with Crippen molar-refractivity contribution in [3.63, 3.8) is 0 Å². The standard InChI is InChI=1S/C16H21B.H2S/c1-16(2,3)13-10-12-8-6-7-9-14(12)15(11-13)17(4)5;/h6-11H,1-5H3;1H2. The second-order valence-electron chi connectivity index (χ2n) is 6.19. The molecule has 0 nitrogen and oxygen atoms in total. The summed E-state index contributed by atoms with van der Waals surface area (Å²) in [6, 6.07) is 13.4. The van der Waals surface area contributed by atoms with Gasteiger partial charge in [0.2, 0.25) is 0 Å². The summed E-state index contributed by atoms with van der Waals surface area (Å²) in [6.07, 6.45) is 0. The summed E-state index contributed by atoms with van der Waals surface area (Å²) in [6.45, 7) is 12.0. The molecule has 0 radical (unpaired) electrons. The lowest BCUT2D eigenvalue weighted by molar-refractivity contribution is 0.591. The van der Waals surface area contributed by atoms with Crippen LogP contribution in [0.15, 0.2) is 36.4 Å². The molecule has 0 aliphatic rings. The molecular weight excluding hydrogens is 235 g/mol. The summed E-state index contributed by atoms with van der Waals surface area (Å²) in [7, 11) is 0. The number of rotatable bonds is 1. The van der Waals surface area contributed by atoms with Crippen molar-refractivity contribution in [3.8, 4) is 0 Å². The van der Waals surface area contributed by atoms with Crippen molar-refractivity contribution in [2.45, 2.75) is 39.8 Å². The Hall–Kier alpha value is -0.885. The Bertz CT molecular complexity index is 538. The molecule has 18 heavy (non-hydrogen) atoms. The van der Waals surface area contributed by atoms with E-state index in [9.17, 15) is 0 Å². The SMILES string of the molecule is CB(C)c1cc(C(C)(C)C)cc2ccccc12.S. The largest absolute Gasteiger partial charge is 0.197 e. The van der Waals surface area contributed by atoms with Gasteiger partial charge in [-0.15, -0.1) is 0 Å². The van der Waals surface area contributed by atoms with Gasteiger partial charge in [0.25, 0.3) is 0 Å². The predicted molar refractivity (Wildman–Crippen MR) is 90.1 cm³/mol. The zero-order chi connectivity index (χ0) is 12.6. The summed E-state index contributed by atoms with van der Waals surface area (Å²) < 4.78 is 0. The van der Waals surface area contributed by atoms with Crippen LogP contribution in [0.2, 0.25) is 13.6 Å². The van der Waals surface area contributed by atoms with Crippen LogP contribution in [0.1, 0.15) is 26.3 Å². The summed E-state index contributed by atoms with van der Waals surface area (Å²) in [4.78, 5) is 0. The van der Waals surface area contributed by atoms with Gasteiger partial charge in [-0.25, -0.2) is 0 Å². The lowest BCUT2D eigenvalue weighted by Gasteiger charge is -2.22. The van der Waals surface area contributed by atoms with Crippen molar-refractivity contribution >= 4 is 36.4 Å². The van der Waals surface area contributed by atoms with E-state index in [1.807, 2.05) is 0 Å². The number of fused-ring (bicyclic) bond motifs is 1. The van der Waals surface area contributed by atoms with Crippen molar-refractivity contribution in [2.24, 2.45) is 0 Å². The van der Waals surface area contributed by atoms with Gasteiger partial charge < -0.3 is 0 Å². The molecular formula is C16H23BS. The molecule has 2 rings (SSSR count). The highest BCUT2D eigenvalue weighted by Gasteiger charge is 2.17. The molecule has 0 bridgehead atoms. The third kappa shape index (κ3) is 2.92. The summed E-state index contributed by atoms with van der Waals surface area (Å²) in [5.41, 5.74) is 3.11. The Balaban J connectivity index is 0.00000162. The van der Waals surface area contributed by atoms with Crippen LogP contribution in [0.3, 0.4) is 0 Å². The van der Waals surface area contributed by atoms with Gasteiger partial charge in [0, 0.05) is 0 Å². The van der Waals surface area contributed by atoms with E-state index in [1.165, 1.54) is 21.8 Å². The monoisotopic (exact) mass is 258 g/mol. The molecule has 2 aromatic rings. The normalized spacial score (nSPS) is 11.2. The van der Waals surface area contributed by atoms with Crippen LogP contribution in [0, 0.1) is 0 Å². The third-order valence-corrected chi connectivity index (χ3v) is 3.38. The first kappa shape index (κ1) is 15.2. The first-order valence-corrected chi connectivity index (χ1v) is 6.43. The van der Waals surface area contributed by atoms with E-state index in [0.29, 0.717) is 6.71 Å². The Labute approximate surface area is 118 Å². The van der Waals surface area contributed by atoms with E-state index < -0.39 is 0 Å². The van der Waals surface area contributed by atoms with Crippen LogP contribution in [0.25, 0.3) is 10.8 Å². The van der Waals surface area contributed by atoms with Crippen LogP contribution < -0.4 is 5.46 Å². The third-order valence-electron chi connectivity index (χ3n) is 3.38. The number of hydrogen-bond donors (Lipinski definition) is 0. The van der Waals surface area contributed by atoms with Crippen LogP contribution in [0.4, 0.5) is 0 Å². The highest BCUT2D eigenvalue weighted by atomic mass is 32.1. The molecule has 0 fully saturated rings. The van der Waals surface area contributed by atoms with Crippen LogP contribution >= 0.6 is 13.5 Å². The molecule has 0 aromatic heterocycles. The van der Waals surface area contributed by atoms with Crippen molar-refractivity contribution in [1.82, 2.24) is 0 Å². The van der Waals surface area contributed by atoms with E-state index in [0.717, 1.165) is 0 Å². The van der Waals surface area contributed by atoms with Gasteiger partial charge in [-0.2, -0.15) is 13.5 Å². The second kappa shape index (κ2) is 5.40. The first-order valence-electron chi connectivity index (χ1n) is 6.43. The highest BCUT2D eigenvalue weighted by Crippen LogP contribution is 2.25. The fourth-order valence-corrected chi connectivity index (χ4v) is 2.25. The molecule has 0 unspecified atom stereocenters. The topological polar surface area (TPSA) is 0 Å². The minimum Gasteiger partial charge on any atom is -0.197 e. The quantitative estimate of drug-likeness (QED) is 0.672. The average molecular weight is 258 g/mol. The van der Waals surface area contributed by atoms with Crippen molar-refractivity contribution in [1.29, 1.82) is 0 Å². The van der Waals surface area contributed by atoms with Crippen LogP contribution in [0.5, 0.6) is 0 Å². The first-order chi connectivity index (χ1) is 7.89. The van der Waals surface area contributed by atoms with Crippen LogP contribution in [-0.4, -0.2) is 6.71 Å². The molecule has 2 aromatic carbocycles. The van der Waals surface area contributed by atoms with E-state index in [2.05, 4.69) is 70.8 Å². The fraction of sp³-hybridized carbons (Fsp3) is 0.375. The maximum Gasteiger partial charge on any atom is 0.170 e. The zero-order valence-corrected chi connectivity index (χ0v) is 13.0. The number of hydrogen-bond acceptors (Lipinski definition) is 0. The van der Waals surface area contributed by atoms with Gasteiger partial charge in [-0.05, 0) is 21.8 Å². The molecule has 0 spiro atoms. The summed E-state index contributed by atoms with van der Waals surface area (Å²) in [5, 5.41) is 2.76. The predicted octanol–water partition coefficient (Wildman–Crippen LogP) is 4.21. The molecule has 0 atom stereocenters. The molecule has 0 aliphatic carbocycles. The number of benzene rings is 2. The van der Waals surface area contributed by atoms with Gasteiger partial charge >= 0.3 is 0 Å². The molecule has 0 N–H and O–H groups in total. The Kier molecular flexibility index (Phi) is 4.55. The molecule has 0 amide bonds. The molecule has 0 heterocycles. The van der Waals surface area contributed by atoms with E-state index in [4.69, 9.17) is 0 Å². The Morgan fingerprint density at radius 2 is 1.56 bits per heavy atom. The molecule has 0 saturated heterocycles. The van der Waals surface area contributed by atoms with Crippen molar-refractivity contribution < 1.29 is 0 Å². The van der Waals surface area contributed by atoms with Gasteiger partial charge in [0.1, 0.15) is 0 Å². The lowest BCUT2D eigenvalue weighted by Crippen LogP contribution is -2.26. The van der Waals surface area contributed by atoms with Gasteiger partial charge in [0.05, 0.1) is 0 Å². The zero-order valence-electron chi connectivity index (χ0n) is 12.0. The molecule has 2 heteroatoms. The summed E-state index contributed by atoms with van der Waals surface area (Å²) >= 11 is 0. The maximum atomic E-state index is 2.38. The smallest absolute Gasteiger partial charge is 0.170 e. The Morgan fingerprint density at radius 1 is 0.944 bits per heavy atom. The maximum absolute atomic E-state index is 2.38. The minimum atomic E-state index is 0. The molecule has 0 saturated carbocycles. The fourth-order valence-electron chi connectivity index (χ4n) is 2.25. The average Bonchev–Trinajstić information content (AvgIpc) is 2.26. The highest BCUT2D eigenvalue weighted by molar-refractivity contribution is 7.59. The Morgan fingerprint density at radius 3 is 2.11 bits per heavy atom. The molecule has 0 aliphatic heterocycles. The van der Waals surface area contributed by atoms with Gasteiger partial charge in [-0.1, -0.05) is 76.3 Å². The van der Waals surface area contributed by atoms with Gasteiger partial charge in [0.15, 0.2) is 6.71 Å². The van der Waals surface area contributed by atoms with Crippen molar-refractivity contribution in [3.05, 3.63) is 42.0 Å². The second-order valence-corrected chi connectivity index (χ2v) is 6.19. The lowest BCUT2D eigenvalue weighted by atomic mass is 9.48. The van der Waals surface area contributed by atoms with E-state index >= 15 is 0 Å².